The van der Waals surface area contributed by atoms with Crippen LogP contribution in [0.1, 0.15) is 19.7 Å². The molecule has 0 saturated heterocycles. The average molecular weight is 198 g/mol. The van der Waals surface area contributed by atoms with Crippen LogP contribution in [0.15, 0.2) is 6.33 Å². The second kappa shape index (κ2) is 4.59. The number of hydrogen-bond acceptors (Lipinski definition) is 4. The molecule has 0 spiro atoms. The first-order valence-corrected chi connectivity index (χ1v) is 4.37. The van der Waals surface area contributed by atoms with Crippen LogP contribution in [-0.2, 0) is 18.3 Å². The second-order valence-corrected chi connectivity index (χ2v) is 3.17. The maximum Gasteiger partial charge on any atom is 0.407 e. The number of aryl methyl sites for hydroxylation is 1. The Bertz CT molecular complexity index is 308. The average Bonchev–Trinajstić information content (AvgIpc) is 2.46. The Morgan fingerprint density at radius 3 is 2.93 bits per heavy atom. The predicted molar refractivity (Wildman–Crippen MR) is 49.5 cm³/mol. The summed E-state index contributed by atoms with van der Waals surface area (Å²) >= 11 is 0. The monoisotopic (exact) mass is 198 g/mol. The highest BCUT2D eigenvalue weighted by molar-refractivity contribution is 5.67. The zero-order valence-corrected chi connectivity index (χ0v) is 8.52. The van der Waals surface area contributed by atoms with Gasteiger partial charge in [0.1, 0.15) is 6.33 Å². The summed E-state index contributed by atoms with van der Waals surface area (Å²) in [7, 11) is 1.81. The number of nitrogens with one attached hydrogen (secondary N) is 1. The van der Waals surface area contributed by atoms with E-state index in [1.54, 1.807) is 24.7 Å². The molecule has 1 amide bonds. The van der Waals surface area contributed by atoms with Gasteiger partial charge in [-0.05, 0) is 13.8 Å². The molecule has 1 aromatic heterocycles. The first kappa shape index (κ1) is 10.5. The van der Waals surface area contributed by atoms with Crippen LogP contribution in [0.2, 0.25) is 0 Å². The molecule has 0 saturated carbocycles. The second-order valence-electron chi connectivity index (χ2n) is 3.17. The number of rotatable bonds is 3. The Kier molecular flexibility index (Phi) is 3.44. The van der Waals surface area contributed by atoms with Crippen molar-refractivity contribution < 1.29 is 9.53 Å². The molecule has 0 aromatic carbocycles. The standard InChI is InChI=1S/C8H14N4O2/c1-6(2)14-8(13)9-4-7-11-10-5-12(7)3/h5-6H,4H2,1-3H3,(H,9,13). The van der Waals surface area contributed by atoms with Gasteiger partial charge in [-0.25, -0.2) is 4.79 Å². The van der Waals surface area contributed by atoms with Gasteiger partial charge in [-0.3, -0.25) is 0 Å². The molecule has 78 valence electrons. The van der Waals surface area contributed by atoms with Crippen molar-refractivity contribution in [1.29, 1.82) is 0 Å². The number of ether oxygens (including phenoxy) is 1. The number of nitrogens with zero attached hydrogens (tertiary/aromatic N) is 3. The van der Waals surface area contributed by atoms with E-state index in [1.807, 2.05) is 7.05 Å². The van der Waals surface area contributed by atoms with Gasteiger partial charge in [0.25, 0.3) is 0 Å². The third-order valence-corrected chi connectivity index (χ3v) is 1.54. The van der Waals surface area contributed by atoms with E-state index in [0.29, 0.717) is 12.4 Å². The molecule has 0 aliphatic heterocycles. The van der Waals surface area contributed by atoms with Gasteiger partial charge in [0, 0.05) is 7.05 Å². The minimum atomic E-state index is -0.442. The fourth-order valence-corrected chi connectivity index (χ4v) is 0.874. The summed E-state index contributed by atoms with van der Waals surface area (Å²) in [5.74, 6) is 0.686. The Hall–Kier alpha value is -1.59. The lowest BCUT2D eigenvalue weighted by atomic mass is 10.5. The highest BCUT2D eigenvalue weighted by Gasteiger charge is 2.06. The molecule has 0 fully saturated rings. The lowest BCUT2D eigenvalue weighted by Crippen LogP contribution is -2.27. The zero-order chi connectivity index (χ0) is 10.6. The summed E-state index contributed by atoms with van der Waals surface area (Å²) in [6.45, 7) is 3.91. The van der Waals surface area contributed by atoms with Crippen molar-refractivity contribution >= 4 is 6.09 Å². The first-order valence-electron chi connectivity index (χ1n) is 4.37. The molecular formula is C8H14N4O2. The van der Waals surface area contributed by atoms with Gasteiger partial charge in [-0.1, -0.05) is 0 Å². The quantitative estimate of drug-likeness (QED) is 0.765. The number of amides is 1. The molecule has 1 aromatic rings. The summed E-state index contributed by atoms with van der Waals surface area (Å²) in [5.41, 5.74) is 0. The molecule has 0 aliphatic carbocycles. The molecule has 1 heterocycles. The first-order chi connectivity index (χ1) is 6.59. The Balaban J connectivity index is 2.34. The summed E-state index contributed by atoms with van der Waals surface area (Å²) in [6.07, 6.45) is 1.02. The Morgan fingerprint density at radius 1 is 1.71 bits per heavy atom. The van der Waals surface area contributed by atoms with Crippen molar-refractivity contribution in [2.24, 2.45) is 7.05 Å². The highest BCUT2D eigenvalue weighted by Crippen LogP contribution is 1.92. The van der Waals surface area contributed by atoms with E-state index >= 15 is 0 Å². The number of hydrogen-bond donors (Lipinski definition) is 1. The molecule has 0 radical (unpaired) electrons. The van der Waals surface area contributed by atoms with Crippen LogP contribution in [0.25, 0.3) is 0 Å². The third kappa shape index (κ3) is 3.04. The lowest BCUT2D eigenvalue weighted by Gasteiger charge is -2.08. The van der Waals surface area contributed by atoms with Crippen LogP contribution >= 0.6 is 0 Å². The van der Waals surface area contributed by atoms with Crippen molar-refractivity contribution in [3.05, 3.63) is 12.2 Å². The van der Waals surface area contributed by atoms with Crippen molar-refractivity contribution in [1.82, 2.24) is 20.1 Å². The van der Waals surface area contributed by atoms with Crippen molar-refractivity contribution in [3.8, 4) is 0 Å². The maximum absolute atomic E-state index is 11.1. The maximum atomic E-state index is 11.1. The van der Waals surface area contributed by atoms with Gasteiger partial charge in [-0.2, -0.15) is 0 Å². The van der Waals surface area contributed by atoms with E-state index in [4.69, 9.17) is 4.74 Å². The molecule has 1 rings (SSSR count). The smallest absolute Gasteiger partial charge is 0.407 e. The number of carbonyl (C=O) groups excluding carboxylic acids is 1. The van der Waals surface area contributed by atoms with Crippen LogP contribution in [0.5, 0.6) is 0 Å². The van der Waals surface area contributed by atoms with E-state index in [9.17, 15) is 4.79 Å². The topological polar surface area (TPSA) is 69.0 Å². The van der Waals surface area contributed by atoms with Crippen LogP contribution in [-0.4, -0.2) is 27.0 Å². The van der Waals surface area contributed by atoms with Crippen molar-refractivity contribution in [2.75, 3.05) is 0 Å². The molecule has 0 bridgehead atoms. The number of aromatic nitrogens is 3. The van der Waals surface area contributed by atoms with Gasteiger partial charge in [-0.15, -0.1) is 10.2 Å². The van der Waals surface area contributed by atoms with Crippen molar-refractivity contribution in [2.45, 2.75) is 26.5 Å². The fourth-order valence-electron chi connectivity index (χ4n) is 0.874. The minimum Gasteiger partial charge on any atom is -0.447 e. The van der Waals surface area contributed by atoms with Crippen LogP contribution in [0.4, 0.5) is 4.79 Å². The fraction of sp³-hybridized carbons (Fsp3) is 0.625. The van der Waals surface area contributed by atoms with E-state index in [-0.39, 0.29) is 6.10 Å². The van der Waals surface area contributed by atoms with Gasteiger partial charge >= 0.3 is 6.09 Å². The summed E-state index contributed by atoms with van der Waals surface area (Å²) in [4.78, 5) is 11.1. The van der Waals surface area contributed by atoms with Crippen LogP contribution < -0.4 is 5.32 Å². The summed E-state index contributed by atoms with van der Waals surface area (Å²) < 4.78 is 6.61. The molecular weight excluding hydrogens is 184 g/mol. The molecule has 0 atom stereocenters. The Morgan fingerprint density at radius 2 is 2.43 bits per heavy atom. The molecule has 0 unspecified atom stereocenters. The normalized spacial score (nSPS) is 10.3. The summed E-state index contributed by atoms with van der Waals surface area (Å²) in [5, 5.41) is 10.1. The molecule has 0 aliphatic rings. The predicted octanol–water partition coefficient (Wildman–Crippen LogP) is 0.450. The van der Waals surface area contributed by atoms with Gasteiger partial charge < -0.3 is 14.6 Å². The largest absolute Gasteiger partial charge is 0.447 e. The van der Waals surface area contributed by atoms with E-state index < -0.39 is 6.09 Å². The molecule has 1 N–H and O–H groups in total. The lowest BCUT2D eigenvalue weighted by molar-refractivity contribution is 0.115. The van der Waals surface area contributed by atoms with E-state index in [2.05, 4.69) is 15.5 Å². The van der Waals surface area contributed by atoms with Crippen molar-refractivity contribution in [3.63, 3.8) is 0 Å². The van der Waals surface area contributed by atoms with E-state index in [1.165, 1.54) is 0 Å². The van der Waals surface area contributed by atoms with Gasteiger partial charge in [0.05, 0.1) is 12.6 Å². The Labute approximate surface area is 82.3 Å². The third-order valence-electron chi connectivity index (χ3n) is 1.54. The van der Waals surface area contributed by atoms with E-state index in [0.717, 1.165) is 0 Å². The summed E-state index contributed by atoms with van der Waals surface area (Å²) in [6, 6.07) is 0. The number of carbonyl (C=O) groups is 1. The molecule has 6 nitrogen and oxygen atoms in total. The minimum absolute atomic E-state index is 0.116. The molecule has 6 heteroatoms. The number of alkyl carbamates (subject to hydrolysis) is 1. The van der Waals surface area contributed by atoms with Crippen LogP contribution in [0.3, 0.4) is 0 Å². The highest BCUT2D eigenvalue weighted by atomic mass is 16.6. The van der Waals surface area contributed by atoms with Gasteiger partial charge in [0.2, 0.25) is 0 Å². The molecule has 14 heavy (non-hydrogen) atoms. The van der Waals surface area contributed by atoms with Crippen LogP contribution in [0, 0.1) is 0 Å². The SMILES string of the molecule is CC(C)OC(=O)NCc1nncn1C. The zero-order valence-electron chi connectivity index (χ0n) is 8.52. The van der Waals surface area contributed by atoms with Gasteiger partial charge in [0.15, 0.2) is 5.82 Å².